The molecule has 0 bridgehead atoms. The van der Waals surface area contributed by atoms with E-state index in [0.29, 0.717) is 11.4 Å². The van der Waals surface area contributed by atoms with Gasteiger partial charge in [-0.2, -0.15) is 0 Å². The maximum Gasteiger partial charge on any atom is 0.314 e. The number of piperidine rings is 1. The Balaban J connectivity index is 1.90. The molecule has 148 valence electrons. The zero-order valence-electron chi connectivity index (χ0n) is 16.0. The summed E-state index contributed by atoms with van der Waals surface area (Å²) in [6.45, 7) is 1.99. The van der Waals surface area contributed by atoms with Crippen LogP contribution in [0.5, 0.6) is 5.75 Å². The van der Waals surface area contributed by atoms with Gasteiger partial charge in [0.05, 0.1) is 13.2 Å². The Labute approximate surface area is 163 Å². The van der Waals surface area contributed by atoms with Gasteiger partial charge < -0.3 is 19.8 Å². The van der Waals surface area contributed by atoms with E-state index in [1.165, 1.54) is 12.0 Å². The number of carboxylic acids is 1. The van der Waals surface area contributed by atoms with Gasteiger partial charge in [-0.25, -0.2) is 4.98 Å². The van der Waals surface area contributed by atoms with E-state index in [2.05, 4.69) is 4.98 Å². The van der Waals surface area contributed by atoms with Crippen LogP contribution < -0.4 is 4.74 Å². The molecule has 1 fully saturated rings. The zero-order chi connectivity index (χ0) is 20.3. The van der Waals surface area contributed by atoms with Crippen molar-refractivity contribution in [2.45, 2.75) is 25.9 Å². The average Bonchev–Trinajstić information content (AvgIpc) is 2.69. The normalized spacial score (nSPS) is 22.0. The fourth-order valence-electron chi connectivity index (χ4n) is 3.68. The molecule has 0 spiro atoms. The number of carbonyl (C=O) groups is 2. The standard InChI is InChI=1S/C21H24N2O5/c1-14-5-3-8-17(22-14)19(25)23-10-9-18(24)21(13-23,20(26)27)12-15-6-4-7-16(11-15)28-2/h3-8,11,18,24H,9-10,12-13H2,1-2H3,(H,26,27)/t18-,21-/m1/s1. The molecule has 1 amide bonds. The van der Waals surface area contributed by atoms with Crippen molar-refractivity contribution in [1.29, 1.82) is 0 Å². The molecule has 2 aromatic rings. The lowest BCUT2D eigenvalue weighted by Gasteiger charge is -2.43. The molecule has 7 heteroatoms. The van der Waals surface area contributed by atoms with Gasteiger partial charge in [0.15, 0.2) is 0 Å². The number of amides is 1. The number of likely N-dealkylation sites (tertiary alicyclic amines) is 1. The van der Waals surface area contributed by atoms with Crippen LogP contribution in [0.25, 0.3) is 0 Å². The number of methoxy groups -OCH3 is 1. The molecular formula is C21H24N2O5. The molecule has 2 N–H and O–H groups in total. The van der Waals surface area contributed by atoms with E-state index in [0.717, 1.165) is 5.56 Å². The number of benzene rings is 1. The number of hydrogen-bond acceptors (Lipinski definition) is 5. The third-order valence-electron chi connectivity index (χ3n) is 5.26. The third-order valence-corrected chi connectivity index (χ3v) is 5.26. The molecule has 0 radical (unpaired) electrons. The topological polar surface area (TPSA) is 100.0 Å². The number of carboxylic acid groups (broad SMARTS) is 1. The van der Waals surface area contributed by atoms with E-state index in [1.54, 1.807) is 49.4 Å². The molecule has 1 aromatic carbocycles. The number of hydrogen-bond donors (Lipinski definition) is 2. The first-order chi connectivity index (χ1) is 13.4. The first-order valence-electron chi connectivity index (χ1n) is 9.13. The molecule has 1 aromatic heterocycles. The molecule has 1 saturated heterocycles. The maximum atomic E-state index is 12.9. The Morgan fingerprint density at radius 2 is 2.04 bits per heavy atom. The van der Waals surface area contributed by atoms with Crippen LogP contribution in [0.15, 0.2) is 42.5 Å². The third kappa shape index (κ3) is 3.84. The second-order valence-electron chi connectivity index (χ2n) is 7.18. The first kappa shape index (κ1) is 19.8. The van der Waals surface area contributed by atoms with Gasteiger partial charge >= 0.3 is 5.97 Å². The number of aromatic nitrogens is 1. The summed E-state index contributed by atoms with van der Waals surface area (Å²) in [5.74, 6) is -0.843. The molecule has 0 aliphatic carbocycles. The summed E-state index contributed by atoms with van der Waals surface area (Å²) in [5, 5.41) is 20.6. The van der Waals surface area contributed by atoms with Crippen LogP contribution in [0.3, 0.4) is 0 Å². The van der Waals surface area contributed by atoms with Crippen molar-refractivity contribution in [3.05, 3.63) is 59.4 Å². The fourth-order valence-corrected chi connectivity index (χ4v) is 3.68. The predicted octanol–water partition coefficient (Wildman–Crippen LogP) is 1.92. The summed E-state index contributed by atoms with van der Waals surface area (Å²) in [6.07, 6.45) is -0.787. The van der Waals surface area contributed by atoms with Gasteiger partial charge in [-0.3, -0.25) is 9.59 Å². The maximum absolute atomic E-state index is 12.9. The molecule has 1 aliphatic heterocycles. The quantitative estimate of drug-likeness (QED) is 0.817. The lowest BCUT2D eigenvalue weighted by molar-refractivity contribution is -0.161. The summed E-state index contributed by atoms with van der Waals surface area (Å²) < 4.78 is 5.21. The van der Waals surface area contributed by atoms with Gasteiger partial charge in [-0.1, -0.05) is 18.2 Å². The van der Waals surface area contributed by atoms with E-state index in [9.17, 15) is 19.8 Å². The van der Waals surface area contributed by atoms with Gasteiger partial charge in [0, 0.05) is 18.8 Å². The van der Waals surface area contributed by atoms with Crippen LogP contribution in [0.1, 0.15) is 28.2 Å². The van der Waals surface area contributed by atoms with Crippen molar-refractivity contribution in [2.24, 2.45) is 5.41 Å². The molecule has 2 atom stereocenters. The van der Waals surface area contributed by atoms with E-state index in [-0.39, 0.29) is 37.5 Å². The van der Waals surface area contributed by atoms with Crippen LogP contribution in [-0.2, 0) is 11.2 Å². The van der Waals surface area contributed by atoms with Gasteiger partial charge in [-0.15, -0.1) is 0 Å². The summed E-state index contributed by atoms with van der Waals surface area (Å²) in [5.41, 5.74) is 0.217. The Hall–Kier alpha value is -2.93. The number of carbonyl (C=O) groups excluding carboxylic acids is 1. The Bertz CT molecular complexity index is 885. The zero-order valence-corrected chi connectivity index (χ0v) is 16.0. The van der Waals surface area contributed by atoms with Crippen molar-refractivity contribution in [1.82, 2.24) is 9.88 Å². The van der Waals surface area contributed by atoms with E-state index in [4.69, 9.17) is 4.74 Å². The number of aliphatic hydroxyl groups is 1. The minimum atomic E-state index is -1.50. The van der Waals surface area contributed by atoms with Gasteiger partial charge in [0.1, 0.15) is 16.9 Å². The number of aliphatic carboxylic acids is 1. The molecule has 1 aliphatic rings. The highest BCUT2D eigenvalue weighted by atomic mass is 16.5. The second kappa shape index (κ2) is 7.98. The van der Waals surface area contributed by atoms with Crippen LogP contribution in [0.4, 0.5) is 0 Å². The minimum absolute atomic E-state index is 0.0881. The van der Waals surface area contributed by atoms with Crippen molar-refractivity contribution in [3.63, 3.8) is 0 Å². The van der Waals surface area contributed by atoms with E-state index < -0.39 is 17.5 Å². The van der Waals surface area contributed by atoms with Crippen molar-refractivity contribution >= 4 is 11.9 Å². The molecule has 2 heterocycles. The predicted molar refractivity (Wildman–Crippen MR) is 102 cm³/mol. The Morgan fingerprint density at radius 1 is 1.29 bits per heavy atom. The van der Waals surface area contributed by atoms with Crippen molar-refractivity contribution in [2.75, 3.05) is 20.2 Å². The molecule has 3 rings (SSSR count). The Morgan fingerprint density at radius 3 is 2.71 bits per heavy atom. The minimum Gasteiger partial charge on any atom is -0.497 e. The van der Waals surface area contributed by atoms with E-state index >= 15 is 0 Å². The largest absolute Gasteiger partial charge is 0.497 e. The highest BCUT2D eigenvalue weighted by Gasteiger charge is 2.50. The van der Waals surface area contributed by atoms with Gasteiger partial charge in [-0.05, 0) is 49.6 Å². The Kier molecular flexibility index (Phi) is 5.65. The fraction of sp³-hybridized carbons (Fsp3) is 0.381. The van der Waals surface area contributed by atoms with Gasteiger partial charge in [0.2, 0.25) is 0 Å². The summed E-state index contributed by atoms with van der Waals surface area (Å²) >= 11 is 0. The number of ether oxygens (including phenoxy) is 1. The number of aryl methyl sites for hydroxylation is 1. The monoisotopic (exact) mass is 384 g/mol. The lowest BCUT2D eigenvalue weighted by atomic mass is 9.72. The lowest BCUT2D eigenvalue weighted by Crippen LogP contribution is -2.58. The second-order valence-corrected chi connectivity index (χ2v) is 7.18. The molecule has 0 saturated carbocycles. The van der Waals surface area contributed by atoms with Crippen molar-refractivity contribution < 1.29 is 24.5 Å². The van der Waals surface area contributed by atoms with Crippen LogP contribution in [0.2, 0.25) is 0 Å². The average molecular weight is 384 g/mol. The highest BCUT2D eigenvalue weighted by Crippen LogP contribution is 2.36. The van der Waals surface area contributed by atoms with Crippen LogP contribution >= 0.6 is 0 Å². The summed E-state index contributed by atoms with van der Waals surface area (Å²) in [6, 6.07) is 12.2. The summed E-state index contributed by atoms with van der Waals surface area (Å²) in [4.78, 5) is 30.9. The van der Waals surface area contributed by atoms with Gasteiger partial charge in [0.25, 0.3) is 5.91 Å². The summed E-state index contributed by atoms with van der Waals surface area (Å²) in [7, 11) is 1.54. The number of aliphatic hydroxyl groups excluding tert-OH is 1. The van der Waals surface area contributed by atoms with Crippen molar-refractivity contribution in [3.8, 4) is 5.75 Å². The highest BCUT2D eigenvalue weighted by molar-refractivity contribution is 5.93. The molecule has 28 heavy (non-hydrogen) atoms. The first-order valence-corrected chi connectivity index (χ1v) is 9.13. The number of nitrogens with zero attached hydrogens (tertiary/aromatic N) is 2. The van der Waals surface area contributed by atoms with Crippen LogP contribution in [0, 0.1) is 12.3 Å². The molecular weight excluding hydrogens is 360 g/mol. The molecule has 0 unspecified atom stereocenters. The van der Waals surface area contributed by atoms with Crippen LogP contribution in [-0.4, -0.2) is 58.3 Å². The smallest absolute Gasteiger partial charge is 0.314 e. The number of rotatable bonds is 5. The van der Waals surface area contributed by atoms with E-state index in [1.807, 2.05) is 0 Å². The molecule has 7 nitrogen and oxygen atoms in total. The number of pyridine rings is 1. The SMILES string of the molecule is COc1cccc(C[C@@]2(C(=O)O)CN(C(=O)c3cccc(C)n3)CC[C@H]2O)c1.